The summed E-state index contributed by atoms with van der Waals surface area (Å²) in [6.45, 7) is 2.52. The molecular weight excluding hydrogens is 407 g/mol. The first-order chi connectivity index (χ1) is 14.8. The fourth-order valence-corrected chi connectivity index (χ4v) is 3.81. The lowest BCUT2D eigenvalue weighted by Crippen LogP contribution is -2.24. The topological polar surface area (TPSA) is 79.5 Å². The third kappa shape index (κ3) is 3.35. The van der Waals surface area contributed by atoms with Gasteiger partial charge in [0.25, 0.3) is 0 Å². The summed E-state index contributed by atoms with van der Waals surface area (Å²) in [5.74, 6) is 0.880. The Labute approximate surface area is 174 Å². The Morgan fingerprint density at radius 2 is 2.03 bits per heavy atom. The van der Waals surface area contributed by atoms with E-state index < -0.39 is 17.8 Å². The summed E-state index contributed by atoms with van der Waals surface area (Å²) in [4.78, 5) is 7.83. The monoisotopic (exact) mass is 423 g/mol. The zero-order chi connectivity index (χ0) is 21.8. The molecule has 5 rings (SSSR count). The number of nitrogens with zero attached hydrogens (tertiary/aromatic N) is 4. The van der Waals surface area contributed by atoms with Crippen LogP contribution in [0.1, 0.15) is 34.2 Å². The average Bonchev–Trinajstić information content (AvgIpc) is 3.36. The average molecular weight is 423 g/mol. The Morgan fingerprint density at radius 1 is 1.19 bits per heavy atom. The molecule has 6 nitrogen and oxygen atoms in total. The van der Waals surface area contributed by atoms with Crippen molar-refractivity contribution in [3.8, 4) is 17.6 Å². The normalized spacial score (nSPS) is 16.3. The summed E-state index contributed by atoms with van der Waals surface area (Å²) >= 11 is 0. The summed E-state index contributed by atoms with van der Waals surface area (Å²) < 4.78 is 47.3. The highest BCUT2D eigenvalue weighted by molar-refractivity contribution is 5.85. The van der Waals surface area contributed by atoms with Crippen LogP contribution in [0.25, 0.3) is 22.4 Å². The number of nitrogens with one attached hydrogen (secondary N) is 1. The minimum atomic E-state index is -4.44. The molecule has 9 heteroatoms. The summed E-state index contributed by atoms with van der Waals surface area (Å²) in [5.41, 5.74) is 2.42. The molecule has 0 amide bonds. The molecule has 1 unspecified atom stereocenters. The molecule has 0 spiro atoms. The van der Waals surface area contributed by atoms with E-state index in [1.807, 2.05) is 12.1 Å². The van der Waals surface area contributed by atoms with Crippen LogP contribution >= 0.6 is 0 Å². The summed E-state index contributed by atoms with van der Waals surface area (Å²) in [7, 11) is 0. The lowest BCUT2D eigenvalue weighted by atomic mass is 9.99. The predicted octanol–water partition coefficient (Wildman–Crippen LogP) is 4.74. The number of aryl methyl sites for hydroxylation is 1. The third-order valence-corrected chi connectivity index (χ3v) is 5.40. The largest absolute Gasteiger partial charge is 0.416 e. The predicted molar refractivity (Wildman–Crippen MR) is 106 cm³/mol. The van der Waals surface area contributed by atoms with Gasteiger partial charge in [0.15, 0.2) is 11.6 Å². The van der Waals surface area contributed by atoms with Crippen molar-refractivity contribution in [3.63, 3.8) is 0 Å². The van der Waals surface area contributed by atoms with Gasteiger partial charge in [-0.2, -0.15) is 18.4 Å². The Bertz CT molecular complexity index is 1350. The van der Waals surface area contributed by atoms with Gasteiger partial charge in [-0.3, -0.25) is 0 Å². The van der Waals surface area contributed by atoms with E-state index in [1.165, 1.54) is 6.07 Å². The number of rotatable bonds is 2. The van der Waals surface area contributed by atoms with Crippen LogP contribution in [0, 0.1) is 18.3 Å². The first kappa shape index (κ1) is 19.3. The molecule has 0 aliphatic carbocycles. The molecule has 31 heavy (non-hydrogen) atoms. The van der Waals surface area contributed by atoms with Crippen molar-refractivity contribution in [2.24, 2.45) is 0 Å². The van der Waals surface area contributed by atoms with Crippen molar-refractivity contribution in [3.05, 3.63) is 70.5 Å². The number of H-pyrrole nitrogens is 1. The van der Waals surface area contributed by atoms with Gasteiger partial charge < -0.3 is 9.72 Å². The Kier molecular flexibility index (Phi) is 4.34. The fourth-order valence-electron chi connectivity index (χ4n) is 3.81. The zero-order valence-electron chi connectivity index (χ0n) is 16.4. The first-order valence-corrected chi connectivity index (χ1v) is 9.61. The zero-order valence-corrected chi connectivity index (χ0v) is 16.4. The molecule has 0 radical (unpaired) electrons. The third-order valence-electron chi connectivity index (χ3n) is 5.40. The van der Waals surface area contributed by atoms with Crippen LogP contribution in [-0.2, 0) is 17.5 Å². The van der Waals surface area contributed by atoms with Gasteiger partial charge >= 0.3 is 6.18 Å². The van der Waals surface area contributed by atoms with Crippen LogP contribution in [0.4, 0.5) is 13.2 Å². The van der Waals surface area contributed by atoms with Crippen LogP contribution in [-0.4, -0.2) is 26.4 Å². The minimum absolute atomic E-state index is 0.314. The SMILES string of the molecule is Cc1ccc(C(F)(F)F)cc1C1OCCn2nc(-c3cc4cc(C#N)ccc4[nH]3)nc21. The molecule has 1 aliphatic rings. The van der Waals surface area contributed by atoms with Crippen molar-refractivity contribution in [1.29, 1.82) is 5.26 Å². The van der Waals surface area contributed by atoms with Gasteiger partial charge in [-0.05, 0) is 54.4 Å². The lowest BCUT2D eigenvalue weighted by molar-refractivity contribution is -0.137. The summed E-state index contributed by atoms with van der Waals surface area (Å²) in [6.07, 6.45) is -5.19. The van der Waals surface area contributed by atoms with Crippen LogP contribution in [0.3, 0.4) is 0 Å². The number of alkyl halides is 3. The molecule has 3 heterocycles. The number of halogens is 3. The van der Waals surface area contributed by atoms with E-state index in [4.69, 9.17) is 10.00 Å². The molecule has 0 fully saturated rings. The van der Waals surface area contributed by atoms with Crippen molar-refractivity contribution in [1.82, 2.24) is 19.7 Å². The molecule has 2 aromatic heterocycles. The maximum Gasteiger partial charge on any atom is 0.416 e. The summed E-state index contributed by atoms with van der Waals surface area (Å²) in [6, 6.07) is 12.9. The molecule has 1 atom stereocenters. The van der Waals surface area contributed by atoms with Crippen molar-refractivity contribution >= 4 is 10.9 Å². The van der Waals surface area contributed by atoms with Gasteiger partial charge in [0.1, 0.15) is 6.10 Å². The highest BCUT2D eigenvalue weighted by Crippen LogP contribution is 2.36. The second kappa shape index (κ2) is 6.96. The Hall–Kier alpha value is -3.64. The number of nitriles is 1. The second-order valence-corrected chi connectivity index (χ2v) is 7.43. The summed E-state index contributed by atoms with van der Waals surface area (Å²) in [5, 5.41) is 14.5. The van der Waals surface area contributed by atoms with E-state index in [0.717, 1.165) is 23.0 Å². The van der Waals surface area contributed by atoms with E-state index in [-0.39, 0.29) is 0 Å². The van der Waals surface area contributed by atoms with Gasteiger partial charge in [-0.1, -0.05) is 6.07 Å². The van der Waals surface area contributed by atoms with Gasteiger partial charge in [0, 0.05) is 10.9 Å². The Morgan fingerprint density at radius 3 is 2.81 bits per heavy atom. The standard InChI is InChI=1S/C22H16F3N5O/c1-12-2-4-15(22(23,24)25)10-16(12)19-21-28-20(29-30(21)6-7-31-19)18-9-14-8-13(11-26)3-5-17(14)27-18/h2-5,8-10,19,27H,6-7H2,1H3. The quantitative estimate of drug-likeness (QED) is 0.505. The van der Waals surface area contributed by atoms with Crippen molar-refractivity contribution in [2.45, 2.75) is 25.7 Å². The van der Waals surface area contributed by atoms with Crippen LogP contribution in [0.15, 0.2) is 42.5 Å². The molecule has 4 aromatic rings. The number of aromatic nitrogens is 4. The Balaban J connectivity index is 1.57. The minimum Gasteiger partial charge on any atom is -0.364 e. The number of aromatic amines is 1. The molecule has 156 valence electrons. The van der Waals surface area contributed by atoms with E-state index >= 15 is 0 Å². The fraction of sp³-hybridized carbons (Fsp3) is 0.227. The van der Waals surface area contributed by atoms with Gasteiger partial charge in [-0.15, -0.1) is 5.10 Å². The van der Waals surface area contributed by atoms with Gasteiger partial charge in [-0.25, -0.2) is 9.67 Å². The molecule has 0 bridgehead atoms. The van der Waals surface area contributed by atoms with E-state index in [0.29, 0.717) is 47.2 Å². The molecule has 1 aliphatic heterocycles. The van der Waals surface area contributed by atoms with Gasteiger partial charge in [0.05, 0.1) is 36.0 Å². The van der Waals surface area contributed by atoms with E-state index in [2.05, 4.69) is 21.1 Å². The number of benzene rings is 2. The molecule has 1 N–H and O–H groups in total. The van der Waals surface area contributed by atoms with Crippen molar-refractivity contribution < 1.29 is 17.9 Å². The number of hydrogen-bond donors (Lipinski definition) is 1. The molecule has 0 saturated carbocycles. The first-order valence-electron chi connectivity index (χ1n) is 9.61. The second-order valence-electron chi connectivity index (χ2n) is 7.43. The lowest BCUT2D eigenvalue weighted by Gasteiger charge is -2.25. The van der Waals surface area contributed by atoms with Gasteiger partial charge in [0.2, 0.25) is 0 Å². The number of hydrogen-bond acceptors (Lipinski definition) is 4. The smallest absolute Gasteiger partial charge is 0.364 e. The highest BCUT2D eigenvalue weighted by Gasteiger charge is 2.34. The number of fused-ring (bicyclic) bond motifs is 2. The highest BCUT2D eigenvalue weighted by atomic mass is 19.4. The van der Waals surface area contributed by atoms with Crippen LogP contribution in [0.2, 0.25) is 0 Å². The molecular formula is C22H16F3N5O. The van der Waals surface area contributed by atoms with E-state index in [1.54, 1.807) is 23.7 Å². The molecule has 0 saturated heterocycles. The maximum absolute atomic E-state index is 13.2. The van der Waals surface area contributed by atoms with E-state index in [9.17, 15) is 13.2 Å². The van der Waals surface area contributed by atoms with Crippen LogP contribution in [0.5, 0.6) is 0 Å². The molecule has 2 aromatic carbocycles. The van der Waals surface area contributed by atoms with Crippen molar-refractivity contribution in [2.75, 3.05) is 6.61 Å². The van der Waals surface area contributed by atoms with Crippen LogP contribution < -0.4 is 0 Å². The maximum atomic E-state index is 13.2. The number of ether oxygens (including phenoxy) is 1.